The van der Waals surface area contributed by atoms with Crippen molar-refractivity contribution in [1.82, 2.24) is 40.1 Å². The van der Waals surface area contributed by atoms with Gasteiger partial charge in [-0.1, -0.05) is 5.16 Å². The van der Waals surface area contributed by atoms with Crippen LogP contribution in [-0.4, -0.2) is 40.1 Å². The van der Waals surface area contributed by atoms with Crippen molar-refractivity contribution >= 4 is 5.65 Å². The number of fused-ring (bicyclic) bond motifs is 1. The Kier molecular flexibility index (Phi) is 3.46. The summed E-state index contributed by atoms with van der Waals surface area (Å²) in [5, 5.41) is 27.4. The van der Waals surface area contributed by atoms with Crippen LogP contribution in [0.2, 0.25) is 0 Å². The zero-order valence-corrected chi connectivity index (χ0v) is 13.6. The normalized spacial score (nSPS) is 11.1. The molecule has 124 valence electrons. The van der Waals surface area contributed by atoms with Gasteiger partial charge in [0.15, 0.2) is 11.3 Å². The lowest BCUT2D eigenvalue weighted by atomic mass is 10.1. The molecule has 0 aromatic carbocycles. The number of H-pyrrole nitrogens is 1. The second-order valence-electron chi connectivity index (χ2n) is 5.53. The van der Waals surface area contributed by atoms with Crippen LogP contribution in [-0.2, 0) is 12.8 Å². The van der Waals surface area contributed by atoms with E-state index in [-0.39, 0.29) is 0 Å². The Morgan fingerprint density at radius 2 is 2.12 bits per heavy atom. The average Bonchev–Trinajstić information content (AvgIpc) is 3.34. The van der Waals surface area contributed by atoms with Crippen molar-refractivity contribution in [3.63, 3.8) is 0 Å². The first-order valence-electron chi connectivity index (χ1n) is 7.60. The van der Waals surface area contributed by atoms with Gasteiger partial charge < -0.3 is 4.52 Å². The second kappa shape index (κ2) is 5.79. The minimum Gasteiger partial charge on any atom is -0.339 e. The monoisotopic (exact) mass is 335 g/mol. The number of aromatic nitrogens is 8. The van der Waals surface area contributed by atoms with Crippen molar-refractivity contribution in [3.05, 3.63) is 40.8 Å². The summed E-state index contributed by atoms with van der Waals surface area (Å²) >= 11 is 0. The van der Waals surface area contributed by atoms with Gasteiger partial charge in [0.25, 0.3) is 0 Å². The fourth-order valence-electron chi connectivity index (χ4n) is 2.75. The molecule has 25 heavy (non-hydrogen) atoms. The van der Waals surface area contributed by atoms with Crippen LogP contribution in [0, 0.1) is 25.2 Å². The number of nitrogens with zero attached hydrogens (tertiary/aromatic N) is 8. The largest absolute Gasteiger partial charge is 0.339 e. The first kappa shape index (κ1) is 14.9. The van der Waals surface area contributed by atoms with Gasteiger partial charge in [0.2, 0.25) is 11.7 Å². The molecule has 0 aliphatic heterocycles. The molecule has 0 aliphatic rings. The van der Waals surface area contributed by atoms with E-state index in [1.165, 1.54) is 12.4 Å². The lowest BCUT2D eigenvalue weighted by Crippen LogP contribution is -2.07. The van der Waals surface area contributed by atoms with E-state index < -0.39 is 0 Å². The van der Waals surface area contributed by atoms with E-state index in [4.69, 9.17) is 9.78 Å². The van der Waals surface area contributed by atoms with Crippen molar-refractivity contribution in [2.75, 3.05) is 0 Å². The summed E-state index contributed by atoms with van der Waals surface area (Å²) in [6, 6.07) is 2.11. The predicted molar refractivity (Wildman–Crippen MR) is 84.3 cm³/mol. The predicted octanol–water partition coefficient (Wildman–Crippen LogP) is 1.17. The molecule has 0 unspecified atom stereocenters. The highest BCUT2D eigenvalue weighted by Gasteiger charge is 2.16. The number of nitriles is 1. The third-order valence-electron chi connectivity index (χ3n) is 4.03. The number of nitrogens with one attached hydrogen (secondary N) is 1. The van der Waals surface area contributed by atoms with Gasteiger partial charge in [-0.3, -0.25) is 0 Å². The molecule has 0 fully saturated rings. The fraction of sp³-hybridized carbons (Fsp3) is 0.267. The van der Waals surface area contributed by atoms with Crippen molar-refractivity contribution in [3.8, 4) is 17.6 Å². The molecule has 4 rings (SSSR count). The zero-order chi connectivity index (χ0) is 17.4. The number of hydrogen-bond acceptors (Lipinski definition) is 8. The standard InChI is InChI=1S/C15H13N9O/c1-8-11(9(2)24-15(19-8)10(5-16)6-18-24)3-4-13-20-14(22-25-13)12-7-17-23-21-12/h6-7H,3-4H2,1-2H3,(H,17,21,23). The average molecular weight is 335 g/mol. The first-order chi connectivity index (χ1) is 12.2. The molecular formula is C15H13N9O. The molecule has 0 saturated carbocycles. The maximum atomic E-state index is 9.13. The van der Waals surface area contributed by atoms with E-state index in [9.17, 15) is 0 Å². The minimum atomic E-state index is 0.400. The molecule has 1 N–H and O–H groups in total. The van der Waals surface area contributed by atoms with Crippen LogP contribution in [0.1, 0.15) is 28.4 Å². The van der Waals surface area contributed by atoms with Gasteiger partial charge >= 0.3 is 0 Å². The summed E-state index contributed by atoms with van der Waals surface area (Å²) in [4.78, 5) is 8.83. The molecule has 0 saturated heterocycles. The molecule has 0 bridgehead atoms. The van der Waals surface area contributed by atoms with Crippen molar-refractivity contribution in [2.24, 2.45) is 0 Å². The quantitative estimate of drug-likeness (QED) is 0.587. The molecule has 0 atom stereocenters. The van der Waals surface area contributed by atoms with Crippen LogP contribution in [0.4, 0.5) is 0 Å². The van der Waals surface area contributed by atoms with Crippen molar-refractivity contribution < 1.29 is 4.52 Å². The summed E-state index contributed by atoms with van der Waals surface area (Å²) in [5.74, 6) is 0.909. The second-order valence-corrected chi connectivity index (χ2v) is 5.53. The summed E-state index contributed by atoms with van der Waals surface area (Å²) in [6.07, 6.45) is 4.29. The number of hydrogen-bond donors (Lipinski definition) is 1. The lowest BCUT2D eigenvalue weighted by Gasteiger charge is -2.10. The van der Waals surface area contributed by atoms with Crippen LogP contribution in [0.25, 0.3) is 17.2 Å². The topological polar surface area (TPSA) is 134 Å². The Morgan fingerprint density at radius 1 is 1.24 bits per heavy atom. The van der Waals surface area contributed by atoms with Gasteiger partial charge in [0, 0.05) is 17.8 Å². The fourth-order valence-corrected chi connectivity index (χ4v) is 2.75. The maximum absolute atomic E-state index is 9.13. The molecule has 0 radical (unpaired) electrons. The van der Waals surface area contributed by atoms with E-state index in [1.807, 2.05) is 13.8 Å². The highest BCUT2D eigenvalue weighted by atomic mass is 16.5. The number of rotatable bonds is 4. The Hall–Kier alpha value is -3.61. The molecule has 4 aromatic heterocycles. The molecule has 10 heteroatoms. The van der Waals surface area contributed by atoms with Gasteiger partial charge in [0.1, 0.15) is 11.6 Å². The van der Waals surface area contributed by atoms with E-state index in [0.717, 1.165) is 17.0 Å². The minimum absolute atomic E-state index is 0.400. The van der Waals surface area contributed by atoms with Gasteiger partial charge in [-0.25, -0.2) is 9.50 Å². The molecule has 10 nitrogen and oxygen atoms in total. The summed E-state index contributed by atoms with van der Waals surface area (Å²) < 4.78 is 6.96. The molecule has 4 aromatic rings. The third kappa shape index (κ3) is 2.51. The summed E-state index contributed by atoms with van der Waals surface area (Å²) in [5.41, 5.74) is 4.42. The van der Waals surface area contributed by atoms with Gasteiger partial charge in [0.05, 0.1) is 12.4 Å². The third-order valence-corrected chi connectivity index (χ3v) is 4.03. The highest BCUT2D eigenvalue weighted by molar-refractivity contribution is 5.55. The molecular weight excluding hydrogens is 322 g/mol. The molecule has 0 spiro atoms. The smallest absolute Gasteiger partial charge is 0.227 e. The Morgan fingerprint density at radius 3 is 2.88 bits per heavy atom. The Balaban J connectivity index is 1.60. The van der Waals surface area contributed by atoms with Gasteiger partial charge in [-0.2, -0.15) is 30.8 Å². The summed E-state index contributed by atoms with van der Waals surface area (Å²) in [7, 11) is 0. The van der Waals surface area contributed by atoms with Gasteiger partial charge in [-0.15, -0.1) is 0 Å². The summed E-state index contributed by atoms with van der Waals surface area (Å²) in [6.45, 7) is 3.88. The van der Waals surface area contributed by atoms with Crippen LogP contribution in [0.5, 0.6) is 0 Å². The van der Waals surface area contributed by atoms with Crippen LogP contribution < -0.4 is 0 Å². The Labute approximate surface area is 141 Å². The molecule has 0 aliphatic carbocycles. The van der Waals surface area contributed by atoms with Crippen LogP contribution in [0.3, 0.4) is 0 Å². The Bertz CT molecular complexity index is 1080. The SMILES string of the molecule is Cc1nc2c(C#N)cnn2c(C)c1CCc1nc(-c2cn[nH]n2)no1. The highest BCUT2D eigenvalue weighted by Crippen LogP contribution is 2.19. The first-order valence-corrected chi connectivity index (χ1v) is 7.60. The van der Waals surface area contributed by atoms with Crippen molar-refractivity contribution in [1.29, 1.82) is 5.26 Å². The van der Waals surface area contributed by atoms with E-state index >= 15 is 0 Å². The van der Waals surface area contributed by atoms with Crippen LogP contribution in [0.15, 0.2) is 16.9 Å². The number of aryl methyl sites for hydroxylation is 3. The molecule has 0 amide bonds. The molecule has 4 heterocycles. The van der Waals surface area contributed by atoms with Gasteiger partial charge in [-0.05, 0) is 25.8 Å². The van der Waals surface area contributed by atoms with Crippen molar-refractivity contribution in [2.45, 2.75) is 26.7 Å². The maximum Gasteiger partial charge on any atom is 0.227 e. The lowest BCUT2D eigenvalue weighted by molar-refractivity contribution is 0.378. The van der Waals surface area contributed by atoms with E-state index in [2.05, 4.69) is 41.7 Å². The van der Waals surface area contributed by atoms with E-state index in [1.54, 1.807) is 4.52 Å². The van der Waals surface area contributed by atoms with E-state index in [0.29, 0.717) is 41.5 Å². The zero-order valence-electron chi connectivity index (χ0n) is 13.6. The number of aromatic amines is 1. The van der Waals surface area contributed by atoms with Crippen LogP contribution >= 0.6 is 0 Å².